The molecule has 2 aliphatic rings. The lowest BCUT2D eigenvalue weighted by Gasteiger charge is -2.25. The van der Waals surface area contributed by atoms with E-state index in [9.17, 15) is 19.2 Å². The highest BCUT2D eigenvalue weighted by atomic mass is 32.1. The summed E-state index contributed by atoms with van der Waals surface area (Å²) in [5, 5.41) is 7.89. The zero-order valence-corrected chi connectivity index (χ0v) is 25.4. The number of amides is 4. The van der Waals surface area contributed by atoms with Crippen LogP contribution in [0, 0.1) is 5.92 Å². The second kappa shape index (κ2) is 13.8. The minimum absolute atomic E-state index is 0.00502. The average molecular weight is 599 g/mol. The van der Waals surface area contributed by atoms with Crippen LogP contribution in [-0.2, 0) is 25.6 Å². The van der Waals surface area contributed by atoms with Crippen LogP contribution in [0.3, 0.4) is 0 Å². The van der Waals surface area contributed by atoms with E-state index in [1.165, 1.54) is 0 Å². The van der Waals surface area contributed by atoms with Gasteiger partial charge in [0.1, 0.15) is 12.1 Å². The van der Waals surface area contributed by atoms with Gasteiger partial charge in [-0.25, -0.2) is 0 Å². The Morgan fingerprint density at radius 1 is 0.791 bits per heavy atom. The van der Waals surface area contributed by atoms with Gasteiger partial charge in [0.2, 0.25) is 23.6 Å². The molecule has 43 heavy (non-hydrogen) atoms. The first-order valence-electron chi connectivity index (χ1n) is 14.9. The monoisotopic (exact) mass is 598 g/mol. The van der Waals surface area contributed by atoms with Gasteiger partial charge in [-0.2, -0.15) is 0 Å². The molecule has 0 radical (unpaired) electrons. The zero-order chi connectivity index (χ0) is 30.3. The van der Waals surface area contributed by atoms with Crippen LogP contribution >= 0.6 is 11.3 Å². The summed E-state index contributed by atoms with van der Waals surface area (Å²) in [6.45, 7) is 4.95. The van der Waals surface area contributed by atoms with E-state index in [1.807, 2.05) is 92.0 Å². The van der Waals surface area contributed by atoms with Crippen LogP contribution < -0.4 is 10.6 Å². The molecule has 1 aromatic heterocycles. The molecule has 2 aliphatic heterocycles. The normalized spacial score (nSPS) is 18.4. The summed E-state index contributed by atoms with van der Waals surface area (Å²) in [5.41, 5.74) is 3.33. The second-order valence-corrected chi connectivity index (χ2v) is 12.4. The molecule has 2 atom stereocenters. The number of likely N-dealkylation sites (tertiary alicyclic amines) is 2. The highest BCUT2D eigenvalue weighted by Crippen LogP contribution is 2.24. The number of rotatable bonds is 9. The summed E-state index contributed by atoms with van der Waals surface area (Å²) in [6.07, 6.45) is 7.31. The Hall–Kier alpha value is -4.24. The Bertz CT molecular complexity index is 1470. The van der Waals surface area contributed by atoms with Crippen molar-refractivity contribution >= 4 is 58.5 Å². The maximum atomic E-state index is 13.0. The Balaban J connectivity index is 1.12. The van der Waals surface area contributed by atoms with Crippen molar-refractivity contribution in [2.75, 3.05) is 23.7 Å². The first kappa shape index (κ1) is 30.2. The fourth-order valence-electron chi connectivity index (χ4n) is 5.63. The Labute approximate surface area is 256 Å². The van der Waals surface area contributed by atoms with Crippen LogP contribution in [0.15, 0.2) is 66.0 Å². The molecule has 0 saturated carbocycles. The van der Waals surface area contributed by atoms with E-state index in [4.69, 9.17) is 0 Å². The number of benzene rings is 2. The van der Waals surface area contributed by atoms with Crippen molar-refractivity contribution in [1.29, 1.82) is 0 Å². The maximum absolute atomic E-state index is 13.0. The van der Waals surface area contributed by atoms with Crippen molar-refractivity contribution in [2.45, 2.75) is 58.0 Å². The van der Waals surface area contributed by atoms with E-state index in [0.717, 1.165) is 28.8 Å². The SMILES string of the molecule is CC(C)C(=O)N1CCC[C@H]1C(=O)Nc1ccc(C=Cc2ccc(NC(=O)[C@@H]3CCCN3C(=O)Cc3cccs3)cc2)cc1. The Morgan fingerprint density at radius 2 is 1.30 bits per heavy atom. The predicted octanol–water partition coefficient (Wildman–Crippen LogP) is 5.68. The lowest BCUT2D eigenvalue weighted by Crippen LogP contribution is -2.44. The number of carbonyl (C=O) groups is 4. The molecular weight excluding hydrogens is 560 g/mol. The molecule has 3 aromatic rings. The molecule has 2 aromatic carbocycles. The largest absolute Gasteiger partial charge is 0.330 e. The van der Waals surface area contributed by atoms with Crippen LogP contribution in [0.4, 0.5) is 11.4 Å². The quantitative estimate of drug-likeness (QED) is 0.310. The average Bonchev–Trinajstić information content (AvgIpc) is 3.79. The summed E-state index contributed by atoms with van der Waals surface area (Å²) in [5.74, 6) is -0.413. The molecule has 4 amide bonds. The third-order valence-corrected chi connectivity index (χ3v) is 8.81. The molecule has 0 aliphatic carbocycles. The van der Waals surface area contributed by atoms with Gasteiger partial charge in [0, 0.05) is 35.3 Å². The fraction of sp³-hybridized carbons (Fsp3) is 0.353. The molecule has 2 N–H and O–H groups in total. The number of hydrogen-bond acceptors (Lipinski definition) is 5. The van der Waals surface area contributed by atoms with Gasteiger partial charge in [-0.15, -0.1) is 11.3 Å². The standard InChI is InChI=1S/C34H38N4O4S/c1-23(2)34(42)38-20-4-8-30(38)33(41)36-27-17-13-25(14-18-27)10-9-24-11-15-26(16-12-24)35-32(40)29-7-3-19-37(29)31(39)22-28-6-5-21-43-28/h5-6,9-18,21,23,29-30H,3-4,7-8,19-20,22H2,1-2H3,(H,35,40)(H,36,41)/t29-,30-/m0/s1. The van der Waals surface area contributed by atoms with E-state index in [2.05, 4.69) is 10.6 Å². The van der Waals surface area contributed by atoms with Gasteiger partial charge in [-0.05, 0) is 72.5 Å². The van der Waals surface area contributed by atoms with Gasteiger partial charge >= 0.3 is 0 Å². The zero-order valence-electron chi connectivity index (χ0n) is 24.6. The first-order valence-corrected chi connectivity index (χ1v) is 15.8. The third-order valence-electron chi connectivity index (χ3n) is 7.94. The second-order valence-electron chi connectivity index (χ2n) is 11.4. The van der Waals surface area contributed by atoms with Crippen LogP contribution in [0.1, 0.15) is 55.5 Å². The van der Waals surface area contributed by atoms with Crippen molar-refractivity contribution in [2.24, 2.45) is 5.92 Å². The van der Waals surface area contributed by atoms with E-state index < -0.39 is 12.1 Å². The molecule has 2 saturated heterocycles. The van der Waals surface area contributed by atoms with E-state index in [1.54, 1.807) is 21.1 Å². The summed E-state index contributed by atoms with van der Waals surface area (Å²) < 4.78 is 0. The van der Waals surface area contributed by atoms with Gasteiger partial charge in [-0.3, -0.25) is 19.2 Å². The number of nitrogens with one attached hydrogen (secondary N) is 2. The Kier molecular flexibility index (Phi) is 9.72. The van der Waals surface area contributed by atoms with E-state index in [0.29, 0.717) is 43.7 Å². The molecule has 5 rings (SSSR count). The minimum atomic E-state index is -0.445. The highest BCUT2D eigenvalue weighted by molar-refractivity contribution is 7.10. The number of carbonyl (C=O) groups excluding carboxylic acids is 4. The lowest BCUT2D eigenvalue weighted by molar-refractivity contribution is -0.139. The van der Waals surface area contributed by atoms with Crippen LogP contribution in [0.2, 0.25) is 0 Å². The maximum Gasteiger partial charge on any atom is 0.247 e. The lowest BCUT2D eigenvalue weighted by atomic mass is 10.1. The molecule has 0 spiro atoms. The first-order chi connectivity index (χ1) is 20.8. The van der Waals surface area contributed by atoms with Gasteiger partial charge in [0.15, 0.2) is 0 Å². The molecule has 2 fully saturated rings. The summed E-state index contributed by atoms with van der Waals surface area (Å²) in [7, 11) is 0. The molecule has 0 bridgehead atoms. The van der Waals surface area contributed by atoms with Crippen LogP contribution in [-0.4, -0.2) is 58.6 Å². The van der Waals surface area contributed by atoms with Crippen molar-refractivity contribution in [3.8, 4) is 0 Å². The Morgan fingerprint density at radius 3 is 1.79 bits per heavy atom. The molecule has 224 valence electrons. The molecular formula is C34H38N4O4S. The topological polar surface area (TPSA) is 98.8 Å². The fourth-order valence-corrected chi connectivity index (χ4v) is 6.33. The number of hydrogen-bond donors (Lipinski definition) is 2. The van der Waals surface area contributed by atoms with E-state index >= 15 is 0 Å². The van der Waals surface area contributed by atoms with Crippen molar-refractivity contribution in [1.82, 2.24) is 9.80 Å². The smallest absolute Gasteiger partial charge is 0.247 e. The molecule has 3 heterocycles. The van der Waals surface area contributed by atoms with E-state index in [-0.39, 0.29) is 29.5 Å². The van der Waals surface area contributed by atoms with Gasteiger partial charge in [0.25, 0.3) is 0 Å². The third kappa shape index (κ3) is 7.59. The van der Waals surface area contributed by atoms with Crippen molar-refractivity contribution in [3.05, 3.63) is 82.0 Å². The van der Waals surface area contributed by atoms with Gasteiger partial charge < -0.3 is 20.4 Å². The number of thiophene rings is 1. The van der Waals surface area contributed by atoms with Crippen LogP contribution in [0.5, 0.6) is 0 Å². The highest BCUT2D eigenvalue weighted by Gasteiger charge is 2.35. The number of anilines is 2. The van der Waals surface area contributed by atoms with Crippen molar-refractivity contribution < 1.29 is 19.2 Å². The minimum Gasteiger partial charge on any atom is -0.330 e. The summed E-state index contributed by atoms with van der Waals surface area (Å²) in [6, 6.07) is 18.2. The summed E-state index contributed by atoms with van der Waals surface area (Å²) in [4.78, 5) is 55.5. The molecule has 9 heteroatoms. The number of nitrogens with zero attached hydrogens (tertiary/aromatic N) is 2. The molecule has 8 nitrogen and oxygen atoms in total. The predicted molar refractivity (Wildman–Crippen MR) is 171 cm³/mol. The molecule has 0 unspecified atom stereocenters. The van der Waals surface area contributed by atoms with Gasteiger partial charge in [0.05, 0.1) is 6.42 Å². The van der Waals surface area contributed by atoms with Gasteiger partial charge in [-0.1, -0.05) is 56.3 Å². The van der Waals surface area contributed by atoms with Crippen molar-refractivity contribution in [3.63, 3.8) is 0 Å². The summed E-state index contributed by atoms with van der Waals surface area (Å²) >= 11 is 1.55. The van der Waals surface area contributed by atoms with Crippen LogP contribution in [0.25, 0.3) is 12.2 Å².